The molecular formula is C21H19ClN2O2. The van der Waals surface area contributed by atoms with Crippen LogP contribution in [0.4, 0.5) is 5.69 Å². The van der Waals surface area contributed by atoms with Crippen LogP contribution in [0.2, 0.25) is 5.02 Å². The van der Waals surface area contributed by atoms with Crippen LogP contribution in [-0.2, 0) is 6.54 Å². The lowest BCUT2D eigenvalue weighted by molar-refractivity contribution is -0.384. The Labute approximate surface area is 157 Å². The normalized spacial score (nSPS) is 11.9. The smallest absolute Gasteiger partial charge is 0.288 e. The van der Waals surface area contributed by atoms with Crippen LogP contribution in [-0.4, -0.2) is 4.92 Å². The molecule has 0 unspecified atom stereocenters. The molecule has 0 aliphatic heterocycles. The standard InChI is InChI=1S/C21H19ClN2O2/c1-15(16-7-3-2-4-8-16)23-14-18-9-5-6-10-19(18)17-11-12-20(22)21(13-17)24(25)26/h2-13,15,23H,14H2,1H3/t15-/m0/s1. The van der Waals surface area contributed by atoms with Gasteiger partial charge in [0.1, 0.15) is 5.02 Å². The van der Waals surface area contributed by atoms with E-state index < -0.39 is 4.92 Å². The van der Waals surface area contributed by atoms with Crippen LogP contribution >= 0.6 is 11.6 Å². The van der Waals surface area contributed by atoms with Crippen LogP contribution in [0.1, 0.15) is 24.1 Å². The molecule has 5 heteroatoms. The average Bonchev–Trinajstić information content (AvgIpc) is 2.67. The maximum atomic E-state index is 11.2. The Hall–Kier alpha value is -2.69. The van der Waals surface area contributed by atoms with Crippen molar-refractivity contribution in [2.24, 2.45) is 0 Å². The topological polar surface area (TPSA) is 55.2 Å². The Morgan fingerprint density at radius 1 is 1.04 bits per heavy atom. The third-order valence-corrected chi connectivity index (χ3v) is 4.69. The molecule has 0 saturated carbocycles. The minimum absolute atomic E-state index is 0.0791. The van der Waals surface area contributed by atoms with Gasteiger partial charge in [-0.15, -0.1) is 0 Å². The molecule has 26 heavy (non-hydrogen) atoms. The van der Waals surface area contributed by atoms with E-state index in [1.165, 1.54) is 11.6 Å². The molecular weight excluding hydrogens is 348 g/mol. The first-order chi connectivity index (χ1) is 12.6. The first-order valence-electron chi connectivity index (χ1n) is 8.37. The Morgan fingerprint density at radius 3 is 2.46 bits per heavy atom. The van der Waals surface area contributed by atoms with Gasteiger partial charge in [-0.05, 0) is 35.2 Å². The van der Waals surface area contributed by atoms with Crippen molar-refractivity contribution in [3.8, 4) is 11.1 Å². The second-order valence-electron chi connectivity index (χ2n) is 6.09. The summed E-state index contributed by atoms with van der Waals surface area (Å²) in [7, 11) is 0. The second-order valence-corrected chi connectivity index (χ2v) is 6.50. The first-order valence-corrected chi connectivity index (χ1v) is 8.74. The number of halogens is 1. The quantitative estimate of drug-likeness (QED) is 0.445. The van der Waals surface area contributed by atoms with E-state index >= 15 is 0 Å². The predicted molar refractivity (Wildman–Crippen MR) is 105 cm³/mol. The second kappa shape index (κ2) is 8.13. The summed E-state index contributed by atoms with van der Waals surface area (Å²) in [4.78, 5) is 10.7. The molecule has 4 nitrogen and oxygen atoms in total. The zero-order valence-electron chi connectivity index (χ0n) is 14.4. The third kappa shape index (κ3) is 4.10. The van der Waals surface area contributed by atoms with Crippen molar-refractivity contribution in [1.29, 1.82) is 0 Å². The number of nitro benzene ring substituents is 1. The van der Waals surface area contributed by atoms with Gasteiger partial charge in [-0.3, -0.25) is 10.1 Å². The highest BCUT2D eigenvalue weighted by Crippen LogP contribution is 2.32. The van der Waals surface area contributed by atoms with Crippen molar-refractivity contribution in [3.05, 3.63) is 99.1 Å². The van der Waals surface area contributed by atoms with Gasteiger partial charge in [-0.2, -0.15) is 0 Å². The third-order valence-electron chi connectivity index (χ3n) is 4.37. The molecule has 1 atom stereocenters. The van der Waals surface area contributed by atoms with E-state index in [9.17, 15) is 10.1 Å². The maximum absolute atomic E-state index is 11.2. The highest BCUT2D eigenvalue weighted by molar-refractivity contribution is 6.32. The fourth-order valence-corrected chi connectivity index (χ4v) is 3.09. The lowest BCUT2D eigenvalue weighted by atomic mass is 9.98. The van der Waals surface area contributed by atoms with Gasteiger partial charge >= 0.3 is 0 Å². The van der Waals surface area contributed by atoms with E-state index in [0.717, 1.165) is 16.7 Å². The molecule has 0 spiro atoms. The van der Waals surface area contributed by atoms with E-state index in [1.807, 2.05) is 48.5 Å². The lowest BCUT2D eigenvalue weighted by Crippen LogP contribution is -2.18. The van der Waals surface area contributed by atoms with E-state index in [1.54, 1.807) is 6.07 Å². The van der Waals surface area contributed by atoms with Crippen molar-refractivity contribution in [2.75, 3.05) is 0 Å². The van der Waals surface area contributed by atoms with Gasteiger partial charge in [-0.25, -0.2) is 0 Å². The minimum Gasteiger partial charge on any atom is -0.306 e. The van der Waals surface area contributed by atoms with Crippen LogP contribution in [0.15, 0.2) is 72.8 Å². The van der Waals surface area contributed by atoms with Crippen molar-refractivity contribution >= 4 is 17.3 Å². The summed E-state index contributed by atoms with van der Waals surface area (Å²) in [5.74, 6) is 0. The lowest BCUT2D eigenvalue weighted by Gasteiger charge is -2.16. The van der Waals surface area contributed by atoms with Crippen molar-refractivity contribution in [3.63, 3.8) is 0 Å². The van der Waals surface area contributed by atoms with Gasteiger partial charge in [0.2, 0.25) is 0 Å². The zero-order chi connectivity index (χ0) is 18.5. The van der Waals surface area contributed by atoms with E-state index in [-0.39, 0.29) is 16.8 Å². The molecule has 0 fully saturated rings. The van der Waals surface area contributed by atoms with Gasteiger partial charge in [0.25, 0.3) is 5.69 Å². The fraction of sp³-hybridized carbons (Fsp3) is 0.143. The summed E-state index contributed by atoms with van der Waals surface area (Å²) in [6.45, 7) is 2.77. The molecule has 0 aromatic heterocycles. The monoisotopic (exact) mass is 366 g/mol. The molecule has 0 heterocycles. The maximum Gasteiger partial charge on any atom is 0.288 e. The summed E-state index contributed by atoms with van der Waals surface area (Å²) >= 11 is 5.93. The Bertz CT molecular complexity index is 913. The van der Waals surface area contributed by atoms with E-state index in [2.05, 4.69) is 24.4 Å². The molecule has 0 aliphatic carbocycles. The van der Waals surface area contributed by atoms with Crippen LogP contribution < -0.4 is 5.32 Å². The van der Waals surface area contributed by atoms with Gasteiger partial charge in [0.15, 0.2) is 0 Å². The van der Waals surface area contributed by atoms with Gasteiger partial charge in [0.05, 0.1) is 4.92 Å². The summed E-state index contributed by atoms with van der Waals surface area (Å²) in [5.41, 5.74) is 3.95. The number of nitro groups is 1. The summed E-state index contributed by atoms with van der Waals surface area (Å²) in [6, 6.07) is 23.2. The molecule has 0 amide bonds. The highest BCUT2D eigenvalue weighted by atomic mass is 35.5. The molecule has 0 bridgehead atoms. The summed E-state index contributed by atoms with van der Waals surface area (Å²) < 4.78 is 0. The Kier molecular flexibility index (Phi) is 5.66. The Balaban J connectivity index is 1.85. The van der Waals surface area contributed by atoms with Gasteiger partial charge in [0, 0.05) is 18.7 Å². The summed E-state index contributed by atoms with van der Waals surface area (Å²) in [6.07, 6.45) is 0. The van der Waals surface area contributed by atoms with Gasteiger partial charge in [-0.1, -0.05) is 72.3 Å². The van der Waals surface area contributed by atoms with Crippen LogP contribution in [0.25, 0.3) is 11.1 Å². The summed E-state index contributed by atoms with van der Waals surface area (Å²) in [5, 5.41) is 14.8. The number of hydrogen-bond acceptors (Lipinski definition) is 3. The SMILES string of the molecule is C[C@H](NCc1ccccc1-c1ccc(Cl)c([N+](=O)[O-])c1)c1ccccc1. The van der Waals surface area contributed by atoms with Crippen molar-refractivity contribution in [1.82, 2.24) is 5.32 Å². The van der Waals surface area contributed by atoms with E-state index in [4.69, 9.17) is 11.6 Å². The minimum atomic E-state index is -0.454. The zero-order valence-corrected chi connectivity index (χ0v) is 15.1. The van der Waals surface area contributed by atoms with E-state index in [0.29, 0.717) is 6.54 Å². The first kappa shape index (κ1) is 18.1. The van der Waals surface area contributed by atoms with Crippen LogP contribution in [0.3, 0.4) is 0 Å². The Morgan fingerprint density at radius 2 is 1.73 bits per heavy atom. The highest BCUT2D eigenvalue weighted by Gasteiger charge is 2.15. The number of hydrogen-bond donors (Lipinski definition) is 1. The predicted octanol–water partition coefficient (Wildman–Crippen LogP) is 5.77. The van der Waals surface area contributed by atoms with Crippen molar-refractivity contribution in [2.45, 2.75) is 19.5 Å². The molecule has 1 N–H and O–H groups in total. The molecule has 3 aromatic rings. The molecule has 0 aliphatic rings. The number of nitrogens with one attached hydrogen (secondary N) is 1. The molecule has 132 valence electrons. The van der Waals surface area contributed by atoms with Crippen molar-refractivity contribution < 1.29 is 4.92 Å². The average molecular weight is 367 g/mol. The van der Waals surface area contributed by atoms with Crippen LogP contribution in [0.5, 0.6) is 0 Å². The number of nitrogens with zero attached hydrogens (tertiary/aromatic N) is 1. The molecule has 3 aromatic carbocycles. The number of benzene rings is 3. The molecule has 3 rings (SSSR count). The fourth-order valence-electron chi connectivity index (χ4n) is 2.90. The van der Waals surface area contributed by atoms with Crippen LogP contribution in [0, 0.1) is 10.1 Å². The molecule has 0 saturated heterocycles. The van der Waals surface area contributed by atoms with Gasteiger partial charge < -0.3 is 5.32 Å². The molecule has 0 radical (unpaired) electrons. The largest absolute Gasteiger partial charge is 0.306 e. The number of rotatable bonds is 6.